The number of hydrogen-bond acceptors (Lipinski definition) is 5. The van der Waals surface area contributed by atoms with E-state index < -0.39 is 0 Å². The predicted octanol–water partition coefficient (Wildman–Crippen LogP) is 1.46. The Bertz CT molecular complexity index is 522. The third kappa shape index (κ3) is 2.42. The van der Waals surface area contributed by atoms with Crippen LogP contribution in [0.2, 0.25) is 0 Å². The normalized spacial score (nSPS) is 31.0. The van der Waals surface area contributed by atoms with Crippen molar-refractivity contribution in [1.82, 2.24) is 19.8 Å². The van der Waals surface area contributed by atoms with Crippen LogP contribution in [0.4, 0.5) is 5.82 Å². The van der Waals surface area contributed by atoms with Crippen LogP contribution in [-0.2, 0) is 12.8 Å². The Labute approximate surface area is 126 Å². The van der Waals surface area contributed by atoms with E-state index in [0.717, 1.165) is 37.6 Å². The third-order valence-corrected chi connectivity index (χ3v) is 5.12. The minimum Gasteiger partial charge on any atom is -0.370 e. The minimum absolute atomic E-state index is 0.400. The summed E-state index contributed by atoms with van der Waals surface area (Å²) < 4.78 is 0. The maximum absolute atomic E-state index is 4.98. The number of anilines is 1. The Balaban J connectivity index is 1.70. The lowest BCUT2D eigenvalue weighted by Gasteiger charge is -2.46. The average molecular weight is 287 g/mol. The van der Waals surface area contributed by atoms with E-state index in [2.05, 4.69) is 22.0 Å². The van der Waals surface area contributed by atoms with Gasteiger partial charge in [-0.1, -0.05) is 0 Å². The molecule has 3 aliphatic heterocycles. The first-order chi connectivity index (χ1) is 10.3. The molecule has 1 aromatic rings. The lowest BCUT2D eigenvalue weighted by atomic mass is 9.95. The Morgan fingerprint density at radius 1 is 1.10 bits per heavy atom. The zero-order valence-electron chi connectivity index (χ0n) is 12.9. The van der Waals surface area contributed by atoms with Gasteiger partial charge in [0.25, 0.3) is 0 Å². The first kappa shape index (κ1) is 13.5. The van der Waals surface area contributed by atoms with Crippen molar-refractivity contribution >= 4 is 5.82 Å². The molecule has 3 saturated heterocycles. The Morgan fingerprint density at radius 2 is 1.90 bits per heavy atom. The lowest BCUT2D eigenvalue weighted by molar-refractivity contribution is 0.00858. The molecule has 1 atom stereocenters. The molecule has 114 valence electrons. The van der Waals surface area contributed by atoms with Gasteiger partial charge in [0.1, 0.15) is 11.6 Å². The van der Waals surface area contributed by atoms with Crippen LogP contribution < -0.4 is 5.32 Å². The minimum atomic E-state index is 0.400. The summed E-state index contributed by atoms with van der Waals surface area (Å²) >= 11 is 0. The molecule has 0 amide bonds. The fourth-order valence-electron chi connectivity index (χ4n) is 3.94. The van der Waals surface area contributed by atoms with Crippen molar-refractivity contribution in [1.29, 1.82) is 0 Å². The number of aryl methyl sites for hydroxylation is 1. The van der Waals surface area contributed by atoms with Gasteiger partial charge in [0.2, 0.25) is 0 Å². The van der Waals surface area contributed by atoms with E-state index in [1.54, 1.807) is 0 Å². The van der Waals surface area contributed by atoms with Crippen LogP contribution in [0.25, 0.3) is 0 Å². The van der Waals surface area contributed by atoms with Gasteiger partial charge in [0, 0.05) is 50.5 Å². The largest absolute Gasteiger partial charge is 0.370 e. The molecule has 5 heteroatoms. The molecule has 5 nitrogen and oxygen atoms in total. The van der Waals surface area contributed by atoms with Gasteiger partial charge in [0.05, 0.1) is 6.04 Å². The first-order valence-corrected chi connectivity index (χ1v) is 8.45. The van der Waals surface area contributed by atoms with Gasteiger partial charge in [-0.3, -0.25) is 9.80 Å². The molecule has 0 spiro atoms. The average Bonchev–Trinajstić information content (AvgIpc) is 2.56. The topological polar surface area (TPSA) is 44.3 Å². The van der Waals surface area contributed by atoms with E-state index in [9.17, 15) is 0 Å². The van der Waals surface area contributed by atoms with Crippen LogP contribution in [0.5, 0.6) is 0 Å². The predicted molar refractivity (Wildman–Crippen MR) is 83.6 cm³/mol. The molecule has 1 aromatic heterocycles. The summed E-state index contributed by atoms with van der Waals surface area (Å²) in [4.78, 5) is 15.0. The van der Waals surface area contributed by atoms with Crippen LogP contribution in [0.1, 0.15) is 42.9 Å². The molecule has 4 aliphatic rings. The number of nitrogens with one attached hydrogen (secondary N) is 1. The van der Waals surface area contributed by atoms with Crippen LogP contribution in [0.3, 0.4) is 0 Å². The molecule has 4 heterocycles. The Hall–Kier alpha value is -1.20. The summed E-state index contributed by atoms with van der Waals surface area (Å²) in [5.74, 6) is 2.16. The van der Waals surface area contributed by atoms with Gasteiger partial charge in [0.15, 0.2) is 0 Å². The SMILES string of the molecule is CCNc1nc(C2CN3CCN2CC3)nc2c1CCCC2. The van der Waals surface area contributed by atoms with E-state index >= 15 is 0 Å². The van der Waals surface area contributed by atoms with Crippen molar-refractivity contribution in [2.75, 3.05) is 44.6 Å². The van der Waals surface area contributed by atoms with E-state index in [1.807, 2.05) is 0 Å². The number of piperazine rings is 3. The van der Waals surface area contributed by atoms with Crippen molar-refractivity contribution in [3.05, 3.63) is 17.1 Å². The molecule has 0 radical (unpaired) electrons. The van der Waals surface area contributed by atoms with Gasteiger partial charge >= 0.3 is 0 Å². The molecule has 1 unspecified atom stereocenters. The van der Waals surface area contributed by atoms with Gasteiger partial charge in [-0.05, 0) is 32.6 Å². The van der Waals surface area contributed by atoms with Crippen LogP contribution >= 0.6 is 0 Å². The summed E-state index contributed by atoms with van der Waals surface area (Å²) in [5, 5.41) is 3.48. The second-order valence-electron chi connectivity index (χ2n) is 6.45. The summed E-state index contributed by atoms with van der Waals surface area (Å²) in [7, 11) is 0. The maximum Gasteiger partial charge on any atom is 0.149 e. The highest BCUT2D eigenvalue weighted by Crippen LogP contribution is 2.31. The fourth-order valence-corrected chi connectivity index (χ4v) is 3.94. The van der Waals surface area contributed by atoms with E-state index in [0.29, 0.717) is 6.04 Å². The molecule has 3 fully saturated rings. The highest BCUT2D eigenvalue weighted by molar-refractivity contribution is 5.48. The zero-order valence-corrected chi connectivity index (χ0v) is 12.9. The monoisotopic (exact) mass is 287 g/mol. The second-order valence-corrected chi connectivity index (χ2v) is 6.45. The molecule has 21 heavy (non-hydrogen) atoms. The maximum atomic E-state index is 4.98. The summed E-state index contributed by atoms with van der Waals surface area (Å²) in [5.41, 5.74) is 2.68. The summed E-state index contributed by atoms with van der Waals surface area (Å²) in [6.07, 6.45) is 4.81. The van der Waals surface area contributed by atoms with Crippen LogP contribution in [-0.4, -0.2) is 59.0 Å². The molecular formula is C16H25N5. The number of fused-ring (bicyclic) bond motifs is 4. The van der Waals surface area contributed by atoms with Crippen LogP contribution in [0.15, 0.2) is 0 Å². The van der Waals surface area contributed by atoms with E-state index in [1.165, 1.54) is 50.3 Å². The van der Waals surface area contributed by atoms with E-state index in [-0.39, 0.29) is 0 Å². The molecule has 2 bridgehead atoms. The highest BCUT2D eigenvalue weighted by Gasteiger charge is 2.35. The smallest absolute Gasteiger partial charge is 0.149 e. The highest BCUT2D eigenvalue weighted by atomic mass is 15.4. The zero-order chi connectivity index (χ0) is 14.2. The summed E-state index contributed by atoms with van der Waals surface area (Å²) in [6.45, 7) is 8.94. The number of aromatic nitrogens is 2. The number of nitrogens with zero attached hydrogens (tertiary/aromatic N) is 4. The number of rotatable bonds is 3. The van der Waals surface area contributed by atoms with E-state index in [4.69, 9.17) is 9.97 Å². The lowest BCUT2D eigenvalue weighted by Crippen LogP contribution is -2.57. The second kappa shape index (κ2) is 5.54. The van der Waals surface area contributed by atoms with Crippen LogP contribution in [0, 0.1) is 0 Å². The fraction of sp³-hybridized carbons (Fsp3) is 0.750. The Morgan fingerprint density at radius 3 is 2.62 bits per heavy atom. The van der Waals surface area contributed by atoms with Crippen molar-refractivity contribution in [3.63, 3.8) is 0 Å². The third-order valence-electron chi connectivity index (χ3n) is 5.12. The van der Waals surface area contributed by atoms with Gasteiger partial charge in [-0.15, -0.1) is 0 Å². The molecule has 5 rings (SSSR count). The molecule has 0 saturated carbocycles. The summed E-state index contributed by atoms with van der Waals surface area (Å²) in [6, 6.07) is 0.400. The number of hydrogen-bond donors (Lipinski definition) is 1. The molecule has 1 aliphatic carbocycles. The quantitative estimate of drug-likeness (QED) is 0.912. The standard InChI is InChI=1S/C16H25N5/c1-2-17-15-12-5-3-4-6-13(12)18-16(19-15)14-11-20-7-9-21(14)10-8-20/h14H,2-11H2,1H3,(H,17,18,19). The van der Waals surface area contributed by atoms with Crippen molar-refractivity contribution < 1.29 is 0 Å². The molecule has 1 N–H and O–H groups in total. The van der Waals surface area contributed by atoms with Gasteiger partial charge < -0.3 is 5.32 Å². The molecular weight excluding hydrogens is 262 g/mol. The first-order valence-electron chi connectivity index (χ1n) is 8.45. The Kier molecular flexibility index (Phi) is 3.55. The van der Waals surface area contributed by atoms with Gasteiger partial charge in [-0.25, -0.2) is 9.97 Å². The van der Waals surface area contributed by atoms with Crippen molar-refractivity contribution in [2.24, 2.45) is 0 Å². The van der Waals surface area contributed by atoms with Crippen molar-refractivity contribution in [2.45, 2.75) is 38.6 Å². The van der Waals surface area contributed by atoms with Gasteiger partial charge in [-0.2, -0.15) is 0 Å². The molecule has 0 aromatic carbocycles. The van der Waals surface area contributed by atoms with Crippen molar-refractivity contribution in [3.8, 4) is 0 Å².